The number of amides is 3. The predicted molar refractivity (Wildman–Crippen MR) is 206 cm³/mol. The minimum atomic E-state index is -0.592. The van der Waals surface area contributed by atoms with Crippen molar-refractivity contribution in [3.05, 3.63) is 17.9 Å². The van der Waals surface area contributed by atoms with Gasteiger partial charge in [-0.1, -0.05) is 110 Å². The monoisotopic (exact) mass is 674 g/mol. The average Bonchev–Trinajstić information content (AvgIpc) is 3.01. The Hall–Kier alpha value is -2.07. The van der Waals surface area contributed by atoms with Gasteiger partial charge in [-0.05, 0) is 85.3 Å². The van der Waals surface area contributed by atoms with Crippen molar-refractivity contribution in [2.45, 2.75) is 214 Å². The Morgan fingerprint density at radius 2 is 1.02 bits per heavy atom. The standard InChI is InChI=1S/C42H79N3O3/c1-9-11-13-15-17-19-21-23-25-27-29-31-35-44(36-32-30-28-26-24-22-20-18-16-14-12-10-2)40(48)34-33-39(47)43-42(7,8)37-45(38(3)46)41(4,5)6/h21,25H,9-20,22,24,26-37H2,1-8H3,(H,43,47). The number of hydrogen-bond donors (Lipinski definition) is 1. The summed E-state index contributed by atoms with van der Waals surface area (Å²) >= 11 is 0. The highest BCUT2D eigenvalue weighted by Gasteiger charge is 2.31. The van der Waals surface area contributed by atoms with Crippen LogP contribution < -0.4 is 5.32 Å². The molecule has 0 saturated carbocycles. The van der Waals surface area contributed by atoms with Crippen LogP contribution in [0.5, 0.6) is 0 Å². The second kappa shape index (κ2) is 28.7. The summed E-state index contributed by atoms with van der Waals surface area (Å²) in [7, 11) is 0. The van der Waals surface area contributed by atoms with Crippen molar-refractivity contribution in [2.75, 3.05) is 19.6 Å². The molecule has 48 heavy (non-hydrogen) atoms. The van der Waals surface area contributed by atoms with E-state index >= 15 is 0 Å². The number of hydrogen-bond acceptors (Lipinski definition) is 3. The third kappa shape index (κ3) is 26.8. The lowest BCUT2D eigenvalue weighted by atomic mass is 9.98. The maximum atomic E-state index is 13.3. The second-order valence-electron chi connectivity index (χ2n) is 15.8. The molecule has 6 heteroatoms. The first-order chi connectivity index (χ1) is 22.8. The summed E-state index contributed by atoms with van der Waals surface area (Å²) in [5.74, 6) is -0.0827. The third-order valence-corrected chi connectivity index (χ3v) is 9.14. The number of allylic oxidation sites excluding steroid dienone is 1. The smallest absolute Gasteiger partial charge is 0.223 e. The van der Waals surface area contributed by atoms with Crippen molar-refractivity contribution in [3.63, 3.8) is 0 Å². The van der Waals surface area contributed by atoms with Crippen LogP contribution in [-0.4, -0.2) is 58.2 Å². The van der Waals surface area contributed by atoms with Crippen molar-refractivity contribution in [1.82, 2.24) is 15.1 Å². The molecule has 3 amide bonds. The van der Waals surface area contributed by atoms with E-state index in [1.165, 1.54) is 96.3 Å². The highest BCUT2D eigenvalue weighted by atomic mass is 16.2. The largest absolute Gasteiger partial charge is 0.349 e. The molecule has 0 spiro atoms. The van der Waals surface area contributed by atoms with E-state index < -0.39 is 5.54 Å². The maximum Gasteiger partial charge on any atom is 0.223 e. The fourth-order valence-electron chi connectivity index (χ4n) is 6.23. The Bertz CT molecular complexity index is 898. The number of rotatable bonds is 30. The molecule has 0 aliphatic heterocycles. The Kier molecular flexibility index (Phi) is 27.5. The summed E-state index contributed by atoms with van der Waals surface area (Å²) in [6, 6.07) is 0. The molecule has 0 aromatic heterocycles. The van der Waals surface area contributed by atoms with Crippen molar-refractivity contribution in [1.29, 1.82) is 0 Å². The zero-order valence-electron chi connectivity index (χ0n) is 33.2. The van der Waals surface area contributed by atoms with Gasteiger partial charge >= 0.3 is 0 Å². The van der Waals surface area contributed by atoms with Gasteiger partial charge in [0.15, 0.2) is 0 Å². The van der Waals surface area contributed by atoms with Gasteiger partial charge in [0, 0.05) is 44.9 Å². The Morgan fingerprint density at radius 3 is 1.48 bits per heavy atom. The van der Waals surface area contributed by atoms with Gasteiger partial charge in [-0.3, -0.25) is 14.4 Å². The van der Waals surface area contributed by atoms with Crippen LogP contribution in [0.15, 0.2) is 17.9 Å². The van der Waals surface area contributed by atoms with Crippen LogP contribution in [0.2, 0.25) is 0 Å². The van der Waals surface area contributed by atoms with Gasteiger partial charge in [0.05, 0.1) is 5.54 Å². The molecule has 0 fully saturated rings. The molecule has 0 saturated heterocycles. The lowest BCUT2D eigenvalue weighted by Crippen LogP contribution is -2.57. The normalized spacial score (nSPS) is 11.6. The quantitative estimate of drug-likeness (QED) is 0.0609. The van der Waals surface area contributed by atoms with Crippen LogP contribution >= 0.6 is 0 Å². The van der Waals surface area contributed by atoms with E-state index in [0.29, 0.717) is 6.54 Å². The molecule has 280 valence electrons. The SMILES string of the molecule is CCCCCCCC=C=CCCCCN(CCCCCCCCCCCCCC)C(=O)CCC(=O)NC(C)(C)CN(C(C)=O)C(C)(C)C. The highest BCUT2D eigenvalue weighted by Crippen LogP contribution is 2.18. The van der Waals surface area contributed by atoms with Crippen molar-refractivity contribution in [2.24, 2.45) is 0 Å². The molecular formula is C42H79N3O3. The molecule has 0 aromatic carbocycles. The molecule has 0 bridgehead atoms. The van der Waals surface area contributed by atoms with Gasteiger partial charge in [-0.15, -0.1) is 5.73 Å². The molecule has 1 N–H and O–H groups in total. The molecule has 0 radical (unpaired) electrons. The summed E-state index contributed by atoms with van der Waals surface area (Å²) in [5, 5.41) is 3.08. The Morgan fingerprint density at radius 1 is 0.604 bits per heavy atom. The van der Waals surface area contributed by atoms with Crippen LogP contribution in [0.1, 0.15) is 203 Å². The minimum Gasteiger partial charge on any atom is -0.349 e. The summed E-state index contributed by atoms with van der Waals surface area (Å²) in [5.41, 5.74) is 2.42. The summed E-state index contributed by atoms with van der Waals surface area (Å²) in [6.45, 7) is 17.9. The molecule has 0 heterocycles. The highest BCUT2D eigenvalue weighted by molar-refractivity contribution is 5.84. The number of carbonyl (C=O) groups is 3. The van der Waals surface area contributed by atoms with E-state index in [0.717, 1.165) is 51.6 Å². The first-order valence-corrected chi connectivity index (χ1v) is 20.1. The molecule has 0 aliphatic rings. The number of unbranched alkanes of at least 4 members (excludes halogenated alkanes) is 18. The molecule has 6 nitrogen and oxygen atoms in total. The van der Waals surface area contributed by atoms with Crippen LogP contribution in [0.4, 0.5) is 0 Å². The lowest BCUT2D eigenvalue weighted by molar-refractivity contribution is -0.136. The van der Waals surface area contributed by atoms with E-state index in [4.69, 9.17) is 0 Å². The summed E-state index contributed by atoms with van der Waals surface area (Å²) < 4.78 is 0. The number of nitrogens with one attached hydrogen (secondary N) is 1. The maximum absolute atomic E-state index is 13.3. The zero-order valence-corrected chi connectivity index (χ0v) is 33.2. The first kappa shape index (κ1) is 45.9. The van der Waals surface area contributed by atoms with Crippen LogP contribution in [-0.2, 0) is 14.4 Å². The lowest BCUT2D eigenvalue weighted by Gasteiger charge is -2.41. The van der Waals surface area contributed by atoms with E-state index in [9.17, 15) is 14.4 Å². The van der Waals surface area contributed by atoms with Gasteiger partial charge in [0.1, 0.15) is 0 Å². The first-order valence-electron chi connectivity index (χ1n) is 20.1. The zero-order chi connectivity index (χ0) is 36.1. The van der Waals surface area contributed by atoms with E-state index in [1.54, 1.807) is 11.8 Å². The molecule has 0 atom stereocenters. The molecule has 0 aliphatic carbocycles. The van der Waals surface area contributed by atoms with Crippen molar-refractivity contribution >= 4 is 17.7 Å². The molecular weight excluding hydrogens is 594 g/mol. The number of carbonyl (C=O) groups excluding carboxylic acids is 3. The van der Waals surface area contributed by atoms with Gasteiger partial charge < -0.3 is 15.1 Å². The van der Waals surface area contributed by atoms with E-state index in [1.807, 2.05) is 39.5 Å². The van der Waals surface area contributed by atoms with Crippen molar-refractivity contribution in [3.8, 4) is 0 Å². The van der Waals surface area contributed by atoms with E-state index in [-0.39, 0.29) is 36.1 Å². The fourth-order valence-corrected chi connectivity index (χ4v) is 6.23. The molecule has 0 aromatic rings. The van der Waals surface area contributed by atoms with Crippen LogP contribution in [0.3, 0.4) is 0 Å². The second-order valence-corrected chi connectivity index (χ2v) is 15.8. The van der Waals surface area contributed by atoms with Gasteiger partial charge in [0.2, 0.25) is 17.7 Å². The summed E-state index contributed by atoms with van der Waals surface area (Å²) in [4.78, 5) is 42.3. The average molecular weight is 674 g/mol. The molecule has 0 unspecified atom stereocenters. The Labute approximate surface area is 298 Å². The third-order valence-electron chi connectivity index (χ3n) is 9.14. The van der Waals surface area contributed by atoms with Crippen LogP contribution in [0.25, 0.3) is 0 Å². The van der Waals surface area contributed by atoms with Gasteiger partial charge in [-0.25, -0.2) is 0 Å². The van der Waals surface area contributed by atoms with Crippen LogP contribution in [0, 0.1) is 0 Å². The predicted octanol–water partition coefficient (Wildman–Crippen LogP) is 11.1. The van der Waals surface area contributed by atoms with E-state index in [2.05, 4.69) is 37.0 Å². The van der Waals surface area contributed by atoms with Crippen molar-refractivity contribution < 1.29 is 14.4 Å². The number of nitrogens with zero attached hydrogens (tertiary/aromatic N) is 2. The van der Waals surface area contributed by atoms with Gasteiger partial charge in [-0.2, -0.15) is 0 Å². The Balaban J connectivity index is 4.77. The minimum absolute atomic E-state index is 0.0160. The fraction of sp³-hybridized carbons (Fsp3) is 0.857. The molecule has 0 rings (SSSR count). The van der Waals surface area contributed by atoms with Gasteiger partial charge in [0.25, 0.3) is 0 Å². The topological polar surface area (TPSA) is 69.7 Å². The summed E-state index contributed by atoms with van der Waals surface area (Å²) in [6.07, 6.45) is 30.9.